The third-order valence-corrected chi connectivity index (χ3v) is 4.99. The van der Waals surface area contributed by atoms with Crippen molar-refractivity contribution in [3.63, 3.8) is 0 Å². The number of hydrogen-bond donors (Lipinski definition) is 2. The fourth-order valence-electron chi connectivity index (χ4n) is 2.47. The highest BCUT2D eigenvalue weighted by Crippen LogP contribution is 2.22. The molecule has 1 heterocycles. The number of unbranched alkanes of at least 4 members (excludes halogenated alkanes) is 2. The standard InChI is InChI=1S/C20H24N4O4S/c25-17(21-12-6-2-5-11-18(26)27)14-16-19(28)23-20(29-16)24-22-13-7-10-15-8-3-1-4-9-15/h1,3-4,7-10,13,16H,2,5-6,11-12,14H2,(H,21,25)(H,26,27)(H,23,24,28)/p-1/b10-7+,22-13-/t16-/m0/s1. The van der Waals surface area contributed by atoms with Crippen LogP contribution in [0.3, 0.4) is 0 Å². The zero-order valence-electron chi connectivity index (χ0n) is 15.9. The molecule has 9 heteroatoms. The maximum atomic E-state index is 12.0. The third kappa shape index (κ3) is 9.20. The van der Waals surface area contributed by atoms with E-state index < -0.39 is 11.2 Å². The lowest BCUT2D eigenvalue weighted by atomic mass is 10.2. The molecule has 0 bridgehead atoms. The van der Waals surface area contributed by atoms with Crippen molar-refractivity contribution in [3.8, 4) is 0 Å². The number of benzene rings is 1. The predicted molar refractivity (Wildman–Crippen MR) is 112 cm³/mol. The molecule has 0 unspecified atom stereocenters. The number of carboxylic acid groups (broad SMARTS) is 1. The van der Waals surface area contributed by atoms with E-state index in [9.17, 15) is 19.5 Å². The summed E-state index contributed by atoms with van der Waals surface area (Å²) < 4.78 is 0. The number of carbonyl (C=O) groups is 3. The lowest BCUT2D eigenvalue weighted by Gasteiger charge is -2.07. The van der Waals surface area contributed by atoms with E-state index in [2.05, 4.69) is 20.8 Å². The second kappa shape index (κ2) is 12.5. The number of hydrogen-bond acceptors (Lipinski definition) is 7. The van der Waals surface area contributed by atoms with Crippen LogP contribution in [-0.2, 0) is 14.4 Å². The summed E-state index contributed by atoms with van der Waals surface area (Å²) in [5.41, 5.74) is 1.04. The monoisotopic (exact) mass is 415 g/mol. The molecular weight excluding hydrogens is 392 g/mol. The van der Waals surface area contributed by atoms with E-state index in [1.807, 2.05) is 36.4 Å². The molecule has 0 aromatic heterocycles. The van der Waals surface area contributed by atoms with Gasteiger partial charge in [0.05, 0.1) is 0 Å². The molecule has 1 aromatic rings. The molecule has 2 rings (SSSR count). The van der Waals surface area contributed by atoms with Crippen LogP contribution in [0.25, 0.3) is 6.08 Å². The molecule has 2 N–H and O–H groups in total. The van der Waals surface area contributed by atoms with Gasteiger partial charge < -0.3 is 20.5 Å². The van der Waals surface area contributed by atoms with Crippen molar-refractivity contribution in [2.45, 2.75) is 37.4 Å². The van der Waals surface area contributed by atoms with Gasteiger partial charge in [0.2, 0.25) is 11.8 Å². The maximum absolute atomic E-state index is 12.0. The van der Waals surface area contributed by atoms with Gasteiger partial charge in [-0.15, -0.1) is 5.10 Å². The Kier molecular flexibility index (Phi) is 9.64. The van der Waals surface area contributed by atoms with Crippen molar-refractivity contribution >= 4 is 47.0 Å². The van der Waals surface area contributed by atoms with Gasteiger partial charge in [-0.2, -0.15) is 5.10 Å². The van der Waals surface area contributed by atoms with Crippen molar-refractivity contribution < 1.29 is 19.5 Å². The number of amides is 2. The summed E-state index contributed by atoms with van der Waals surface area (Å²) in [5.74, 6) is -1.56. The Bertz CT molecular complexity index is 793. The Morgan fingerprint density at radius 2 is 2.00 bits per heavy atom. The van der Waals surface area contributed by atoms with Gasteiger partial charge in [-0.3, -0.25) is 9.59 Å². The number of allylic oxidation sites excluding steroid dienone is 1. The van der Waals surface area contributed by atoms with Gasteiger partial charge in [0.1, 0.15) is 5.25 Å². The third-order valence-electron chi connectivity index (χ3n) is 3.92. The number of carboxylic acids is 1. The van der Waals surface area contributed by atoms with Crippen LogP contribution in [0.2, 0.25) is 0 Å². The van der Waals surface area contributed by atoms with E-state index in [0.717, 1.165) is 5.56 Å². The largest absolute Gasteiger partial charge is 0.550 e. The molecule has 0 spiro atoms. The van der Waals surface area contributed by atoms with E-state index in [0.29, 0.717) is 31.0 Å². The summed E-state index contributed by atoms with van der Waals surface area (Å²) >= 11 is 1.17. The summed E-state index contributed by atoms with van der Waals surface area (Å²) in [4.78, 5) is 34.2. The van der Waals surface area contributed by atoms with Gasteiger partial charge in [0.25, 0.3) is 0 Å². The molecular formula is C20H23N4O4S-. The normalized spacial score (nSPS) is 17.9. The first-order valence-electron chi connectivity index (χ1n) is 9.31. The molecule has 1 atom stereocenters. The van der Waals surface area contributed by atoms with Crippen LogP contribution in [0.1, 0.15) is 37.7 Å². The van der Waals surface area contributed by atoms with E-state index in [1.165, 1.54) is 18.0 Å². The van der Waals surface area contributed by atoms with Gasteiger partial charge in [-0.05, 0) is 30.9 Å². The highest BCUT2D eigenvalue weighted by molar-refractivity contribution is 8.15. The van der Waals surface area contributed by atoms with Gasteiger partial charge in [0.15, 0.2) is 5.17 Å². The Morgan fingerprint density at radius 3 is 2.76 bits per heavy atom. The van der Waals surface area contributed by atoms with Crippen LogP contribution >= 0.6 is 11.8 Å². The maximum Gasteiger partial charge on any atom is 0.240 e. The molecule has 154 valence electrons. The van der Waals surface area contributed by atoms with Crippen LogP contribution < -0.4 is 15.7 Å². The van der Waals surface area contributed by atoms with Crippen LogP contribution in [0.15, 0.2) is 46.6 Å². The molecule has 8 nitrogen and oxygen atoms in total. The van der Waals surface area contributed by atoms with Crippen LogP contribution in [0.5, 0.6) is 0 Å². The zero-order valence-corrected chi connectivity index (χ0v) is 16.7. The van der Waals surface area contributed by atoms with Gasteiger partial charge in [0, 0.05) is 25.1 Å². The van der Waals surface area contributed by atoms with Crippen molar-refractivity contribution in [3.05, 3.63) is 42.0 Å². The average molecular weight is 415 g/mol. The Balaban J connectivity index is 1.67. The van der Waals surface area contributed by atoms with Crippen LogP contribution in [-0.4, -0.2) is 41.0 Å². The topological polar surface area (TPSA) is 123 Å². The number of carbonyl (C=O) groups excluding carboxylic acids is 3. The van der Waals surface area contributed by atoms with Crippen LogP contribution in [0.4, 0.5) is 0 Å². The first-order chi connectivity index (χ1) is 14.0. The van der Waals surface area contributed by atoms with Gasteiger partial charge in [-0.1, -0.05) is 54.6 Å². The molecule has 1 aliphatic rings. The molecule has 1 fully saturated rings. The molecule has 1 aliphatic heterocycles. The van der Waals surface area contributed by atoms with Crippen molar-refractivity contribution in [2.24, 2.45) is 10.2 Å². The number of nitrogens with zero attached hydrogens (tertiary/aromatic N) is 2. The Morgan fingerprint density at radius 1 is 1.21 bits per heavy atom. The van der Waals surface area contributed by atoms with Gasteiger partial charge in [-0.25, -0.2) is 0 Å². The molecule has 2 amide bonds. The smallest absolute Gasteiger partial charge is 0.240 e. The Hall–Kier alpha value is -2.94. The molecule has 1 saturated heterocycles. The van der Waals surface area contributed by atoms with Gasteiger partial charge >= 0.3 is 0 Å². The number of rotatable bonds is 11. The summed E-state index contributed by atoms with van der Waals surface area (Å²) in [6.07, 6.45) is 7.13. The molecule has 29 heavy (non-hydrogen) atoms. The Labute approximate surface area is 173 Å². The summed E-state index contributed by atoms with van der Waals surface area (Å²) in [5, 5.41) is 23.3. The fraction of sp³-hybridized carbons (Fsp3) is 0.350. The van der Waals surface area contributed by atoms with Crippen molar-refractivity contribution in [1.29, 1.82) is 0 Å². The number of amidine groups is 1. The van der Waals surface area contributed by atoms with E-state index in [1.54, 1.807) is 6.08 Å². The lowest BCUT2D eigenvalue weighted by molar-refractivity contribution is -0.305. The van der Waals surface area contributed by atoms with Crippen LogP contribution in [0, 0.1) is 0 Å². The lowest BCUT2D eigenvalue weighted by Crippen LogP contribution is -2.31. The highest BCUT2D eigenvalue weighted by Gasteiger charge is 2.32. The first-order valence-corrected chi connectivity index (χ1v) is 10.2. The minimum Gasteiger partial charge on any atom is -0.550 e. The average Bonchev–Trinajstić information content (AvgIpc) is 3.04. The summed E-state index contributed by atoms with van der Waals surface area (Å²) in [7, 11) is 0. The SMILES string of the molecule is O=C([O-])CCCCCNC(=O)C[C@@H]1S\C(=N/N=C\C=C\c2ccccc2)NC1=O. The first kappa shape index (κ1) is 22.4. The zero-order chi connectivity index (χ0) is 20.9. The van der Waals surface area contributed by atoms with Crippen molar-refractivity contribution in [2.75, 3.05) is 6.54 Å². The summed E-state index contributed by atoms with van der Waals surface area (Å²) in [6, 6.07) is 9.75. The second-order valence-electron chi connectivity index (χ2n) is 6.27. The van der Waals surface area contributed by atoms with E-state index in [-0.39, 0.29) is 24.7 Å². The molecule has 0 saturated carbocycles. The number of aliphatic carboxylic acids is 1. The highest BCUT2D eigenvalue weighted by atomic mass is 32.2. The molecule has 0 aliphatic carbocycles. The molecule has 0 radical (unpaired) electrons. The minimum atomic E-state index is -1.06. The number of nitrogens with one attached hydrogen (secondary N) is 2. The predicted octanol–water partition coefficient (Wildman–Crippen LogP) is 1.09. The second-order valence-corrected chi connectivity index (χ2v) is 7.46. The summed E-state index contributed by atoms with van der Waals surface area (Å²) in [6.45, 7) is 0.448. The molecule has 1 aromatic carbocycles. The van der Waals surface area contributed by atoms with Crippen molar-refractivity contribution in [1.82, 2.24) is 10.6 Å². The fourth-order valence-corrected chi connectivity index (χ4v) is 3.39. The van der Waals surface area contributed by atoms with E-state index >= 15 is 0 Å². The number of thioether (sulfide) groups is 1. The minimum absolute atomic E-state index is 0.0273. The van der Waals surface area contributed by atoms with E-state index in [4.69, 9.17) is 0 Å². The quantitative estimate of drug-likeness (QED) is 0.318.